The summed E-state index contributed by atoms with van der Waals surface area (Å²) in [6.45, 7) is 4.00. The maximum absolute atomic E-state index is 5.54. The molecule has 0 aliphatic heterocycles. The van der Waals surface area contributed by atoms with E-state index in [1.54, 1.807) is 7.11 Å². The van der Waals surface area contributed by atoms with Gasteiger partial charge in [0.25, 0.3) is 0 Å². The van der Waals surface area contributed by atoms with E-state index in [0.717, 1.165) is 23.5 Å². The number of ether oxygens (including phenoxy) is 1. The van der Waals surface area contributed by atoms with Crippen LogP contribution in [0, 0.1) is 12.5 Å². The number of hydrogen-bond acceptors (Lipinski definition) is 3. The first-order chi connectivity index (χ1) is 13.2. The molecule has 0 radical (unpaired) electrons. The zero-order chi connectivity index (χ0) is 19.6. The van der Waals surface area contributed by atoms with Crippen molar-refractivity contribution in [2.75, 3.05) is 31.8 Å². The Hall–Kier alpha value is -1.35. The van der Waals surface area contributed by atoms with Gasteiger partial charge in [0, 0.05) is 19.8 Å². The van der Waals surface area contributed by atoms with Crippen molar-refractivity contribution in [1.29, 1.82) is 0 Å². The van der Waals surface area contributed by atoms with Crippen molar-refractivity contribution in [3.63, 3.8) is 0 Å². The standard InChI is InChI=1S/C16H17N2O.C5H5.C3H7.2ClH.Zr/c1-17-12-4-5-14-10(7-12)6-11-8-13(18-2)9-15(19-3)16(11)14;1-2-4-5-3-1;1-3-2;;;/h4-9,17-18H,1-3H3;1-3H,4H2;3H,1-2H3;2*1H;/q3*-1;;;+2/p-2. The third kappa shape index (κ3) is 8.06. The summed E-state index contributed by atoms with van der Waals surface area (Å²) in [5.74, 6) is 0.911. The van der Waals surface area contributed by atoms with Crippen LogP contribution in [0.4, 0.5) is 11.4 Å². The second-order valence-electron chi connectivity index (χ2n) is 6.17. The van der Waals surface area contributed by atoms with Gasteiger partial charge in [0.05, 0.1) is 12.9 Å². The number of halogens is 2. The molecule has 0 fully saturated rings. The van der Waals surface area contributed by atoms with Crippen LogP contribution in [0.2, 0.25) is 0 Å². The summed E-state index contributed by atoms with van der Waals surface area (Å²) in [6, 6.07) is 12.8. The summed E-state index contributed by atoms with van der Waals surface area (Å²) in [4.78, 5) is 0. The monoisotopic (exact) mass is 521 g/mol. The molecule has 0 saturated carbocycles. The fraction of sp³-hybridized carbons (Fsp3) is 0.250. The molecule has 1 aliphatic rings. The van der Waals surface area contributed by atoms with Gasteiger partial charge in [-0.05, 0) is 11.8 Å². The van der Waals surface area contributed by atoms with E-state index in [-0.39, 0.29) is 51.0 Å². The Morgan fingerprint density at radius 2 is 1.63 bits per heavy atom. The summed E-state index contributed by atoms with van der Waals surface area (Å²) in [5, 5.41) is 11.2. The van der Waals surface area contributed by atoms with E-state index < -0.39 is 0 Å². The normalized spacial score (nSPS) is 10.4. The third-order valence-electron chi connectivity index (χ3n) is 4.15. The first kappa shape index (κ1) is 30.8. The van der Waals surface area contributed by atoms with Gasteiger partial charge in [-0.15, -0.1) is 28.6 Å². The molecule has 3 aromatic rings. The summed E-state index contributed by atoms with van der Waals surface area (Å²) in [5.41, 5.74) is 2.18. The number of allylic oxidation sites excluding steroid dienone is 4. The topological polar surface area (TPSA) is 33.3 Å². The molecule has 0 amide bonds. The van der Waals surface area contributed by atoms with Crippen molar-refractivity contribution in [1.82, 2.24) is 0 Å². The largest absolute Gasteiger partial charge is 2.00 e. The minimum Gasteiger partial charge on any atom is -1.00 e. The van der Waals surface area contributed by atoms with Crippen molar-refractivity contribution < 1.29 is 55.8 Å². The molecule has 2 N–H and O–H groups in total. The second-order valence-corrected chi connectivity index (χ2v) is 6.17. The summed E-state index contributed by atoms with van der Waals surface area (Å²) in [6.07, 6.45) is 12.0. The third-order valence-corrected chi connectivity index (χ3v) is 4.15. The van der Waals surface area contributed by atoms with E-state index in [4.69, 9.17) is 4.74 Å². The van der Waals surface area contributed by atoms with Crippen LogP contribution >= 0.6 is 0 Å². The van der Waals surface area contributed by atoms with E-state index in [0.29, 0.717) is 0 Å². The van der Waals surface area contributed by atoms with Gasteiger partial charge < -0.3 is 46.6 Å². The van der Waals surface area contributed by atoms with Crippen molar-refractivity contribution in [3.05, 3.63) is 67.1 Å². The zero-order valence-corrected chi connectivity index (χ0v) is 22.1. The number of benzene rings is 2. The number of fused-ring (bicyclic) bond motifs is 3. The van der Waals surface area contributed by atoms with Crippen molar-refractivity contribution in [2.24, 2.45) is 0 Å². The van der Waals surface area contributed by atoms with Gasteiger partial charge in [0.2, 0.25) is 0 Å². The fourth-order valence-electron chi connectivity index (χ4n) is 2.92. The van der Waals surface area contributed by atoms with E-state index in [1.807, 2.05) is 52.6 Å². The minimum atomic E-state index is 0. The van der Waals surface area contributed by atoms with Gasteiger partial charge in [0.15, 0.2) is 0 Å². The van der Waals surface area contributed by atoms with Crippen LogP contribution in [0.1, 0.15) is 20.3 Å². The molecule has 0 unspecified atom stereocenters. The Morgan fingerprint density at radius 3 is 2.10 bits per heavy atom. The fourth-order valence-corrected chi connectivity index (χ4v) is 2.92. The van der Waals surface area contributed by atoms with Crippen LogP contribution in [0.15, 0.2) is 54.6 Å². The van der Waals surface area contributed by atoms with E-state index in [1.165, 1.54) is 21.5 Å². The van der Waals surface area contributed by atoms with Gasteiger partial charge in [-0.1, -0.05) is 29.7 Å². The van der Waals surface area contributed by atoms with Crippen LogP contribution < -0.4 is 40.2 Å². The van der Waals surface area contributed by atoms with Crippen LogP contribution in [0.5, 0.6) is 5.75 Å². The van der Waals surface area contributed by atoms with Gasteiger partial charge in [-0.3, -0.25) is 6.08 Å². The van der Waals surface area contributed by atoms with Crippen molar-refractivity contribution >= 4 is 32.9 Å². The molecule has 0 aromatic heterocycles. The Labute approximate surface area is 212 Å². The smallest absolute Gasteiger partial charge is 1.00 e. The predicted octanol–water partition coefficient (Wildman–Crippen LogP) is 0.346. The molecule has 0 spiro atoms. The van der Waals surface area contributed by atoms with Gasteiger partial charge >= 0.3 is 26.2 Å². The number of methoxy groups -OCH3 is 1. The number of hydrogen-bond donors (Lipinski definition) is 2. The molecule has 162 valence electrons. The van der Waals surface area contributed by atoms with E-state index >= 15 is 0 Å². The first-order valence-corrected chi connectivity index (χ1v) is 9.20. The van der Waals surface area contributed by atoms with Crippen molar-refractivity contribution in [3.8, 4) is 5.75 Å². The summed E-state index contributed by atoms with van der Waals surface area (Å²) in [7, 11) is 5.57. The maximum Gasteiger partial charge on any atom is 2.00 e. The maximum atomic E-state index is 5.54. The molecule has 1 aliphatic carbocycles. The van der Waals surface area contributed by atoms with Gasteiger partial charge in [0.1, 0.15) is 0 Å². The Kier molecular flexibility index (Phi) is 16.8. The summed E-state index contributed by atoms with van der Waals surface area (Å²) >= 11 is 0. The summed E-state index contributed by atoms with van der Waals surface area (Å²) < 4.78 is 5.54. The second kappa shape index (κ2) is 16.4. The number of nitrogens with one attached hydrogen (secondary N) is 2. The molecule has 0 heterocycles. The molecule has 30 heavy (non-hydrogen) atoms. The molecule has 4 rings (SSSR count). The molecule has 0 saturated heterocycles. The molecular formula is C24H29Cl2N2OZr-3. The zero-order valence-electron chi connectivity index (χ0n) is 18.1. The molecule has 0 bridgehead atoms. The average Bonchev–Trinajstić information content (AvgIpc) is 3.38. The molecule has 3 nitrogen and oxygen atoms in total. The van der Waals surface area contributed by atoms with E-state index in [2.05, 4.69) is 53.1 Å². The molecule has 6 heteroatoms. The SMILES string of the molecule is CNc1ccc2c(c1)[cH-]c1cc(NC)cc(OC)c12.C[CH-]C.[C-]1=CC=CC1.[Cl-].[Cl-].[Zr+2]. The van der Waals surface area contributed by atoms with Crippen LogP contribution in [0.3, 0.4) is 0 Å². The molecular weight excluding hydrogens is 494 g/mol. The minimum absolute atomic E-state index is 0. The first-order valence-electron chi connectivity index (χ1n) is 9.20. The Morgan fingerprint density at radius 1 is 1.00 bits per heavy atom. The van der Waals surface area contributed by atoms with Crippen LogP contribution in [0.25, 0.3) is 21.5 Å². The Balaban J connectivity index is 0. The quantitative estimate of drug-likeness (QED) is 0.487. The van der Waals surface area contributed by atoms with Crippen LogP contribution in [-0.4, -0.2) is 21.2 Å². The van der Waals surface area contributed by atoms with Gasteiger partial charge in [-0.2, -0.15) is 19.9 Å². The van der Waals surface area contributed by atoms with Crippen molar-refractivity contribution in [2.45, 2.75) is 20.3 Å². The molecule has 0 atom stereocenters. The van der Waals surface area contributed by atoms with Gasteiger partial charge in [-0.25, -0.2) is 12.2 Å². The van der Waals surface area contributed by atoms with Crippen LogP contribution in [-0.2, 0) is 26.2 Å². The number of anilines is 2. The average molecular weight is 524 g/mol. The van der Waals surface area contributed by atoms with E-state index in [9.17, 15) is 0 Å². The predicted molar refractivity (Wildman–Crippen MR) is 120 cm³/mol. The Bertz CT molecular complexity index is 926. The molecule has 3 aromatic carbocycles. The number of rotatable bonds is 3.